The molecule has 0 amide bonds. The molecule has 0 bridgehead atoms. The van der Waals surface area contributed by atoms with Crippen LogP contribution in [0.5, 0.6) is 0 Å². The maximum absolute atomic E-state index is 12.8. The number of sulfone groups is 1. The first kappa shape index (κ1) is 11.8. The molecule has 0 aromatic rings. The highest BCUT2D eigenvalue weighted by Crippen LogP contribution is 2.15. The van der Waals surface area contributed by atoms with Gasteiger partial charge in [0.1, 0.15) is 0 Å². The van der Waals surface area contributed by atoms with E-state index in [0.717, 1.165) is 0 Å². The zero-order valence-electron chi connectivity index (χ0n) is 7.75. The van der Waals surface area contributed by atoms with Crippen LogP contribution in [0.25, 0.3) is 0 Å². The monoisotopic (exact) mass is 228 g/mol. The molecule has 1 aliphatic rings. The molecular weight excluding hydrogens is 214 g/mol. The molecule has 7 heteroatoms. The highest BCUT2D eigenvalue weighted by molar-refractivity contribution is 7.91. The molecular formula is C7H14F2N2O2S. The number of halogens is 2. The Bertz CT molecular complexity index is 278. The van der Waals surface area contributed by atoms with Crippen molar-refractivity contribution in [3.8, 4) is 0 Å². The average molecular weight is 228 g/mol. The number of hydrogen-bond donors (Lipinski definition) is 1. The van der Waals surface area contributed by atoms with Crippen LogP contribution in [-0.4, -0.2) is 56.9 Å². The van der Waals surface area contributed by atoms with Crippen LogP contribution in [0.1, 0.15) is 0 Å². The number of alkyl halides is 2. The Morgan fingerprint density at radius 2 is 1.79 bits per heavy atom. The summed E-state index contributed by atoms with van der Waals surface area (Å²) < 4.78 is 47.6. The highest BCUT2D eigenvalue weighted by Gasteiger charge is 2.32. The van der Waals surface area contributed by atoms with Gasteiger partial charge in [-0.2, -0.15) is 0 Å². The Balaban J connectivity index is 2.44. The van der Waals surface area contributed by atoms with Gasteiger partial charge < -0.3 is 5.73 Å². The summed E-state index contributed by atoms with van der Waals surface area (Å²) in [5, 5.41) is 0. The third-order valence-corrected chi connectivity index (χ3v) is 3.80. The van der Waals surface area contributed by atoms with Crippen molar-refractivity contribution in [2.24, 2.45) is 5.73 Å². The largest absolute Gasteiger partial charge is 0.325 e. The van der Waals surface area contributed by atoms with Gasteiger partial charge in [-0.1, -0.05) is 0 Å². The molecule has 0 aromatic carbocycles. The Morgan fingerprint density at radius 3 is 2.21 bits per heavy atom. The molecule has 1 saturated heterocycles. The molecule has 0 saturated carbocycles. The van der Waals surface area contributed by atoms with E-state index < -0.39 is 28.8 Å². The van der Waals surface area contributed by atoms with Crippen molar-refractivity contribution in [3.63, 3.8) is 0 Å². The van der Waals surface area contributed by atoms with Gasteiger partial charge >= 0.3 is 0 Å². The molecule has 14 heavy (non-hydrogen) atoms. The lowest BCUT2D eigenvalue weighted by atomic mass is 10.3. The van der Waals surface area contributed by atoms with E-state index in [-0.39, 0.29) is 24.6 Å². The first-order chi connectivity index (χ1) is 6.35. The van der Waals surface area contributed by atoms with Crippen LogP contribution in [0.2, 0.25) is 0 Å². The smallest absolute Gasteiger partial charge is 0.272 e. The fraction of sp³-hybridized carbons (Fsp3) is 1.00. The first-order valence-electron chi connectivity index (χ1n) is 4.35. The minimum Gasteiger partial charge on any atom is -0.325 e. The lowest BCUT2D eigenvalue weighted by Gasteiger charge is -2.29. The maximum atomic E-state index is 12.8. The van der Waals surface area contributed by atoms with E-state index in [1.54, 1.807) is 0 Å². The van der Waals surface area contributed by atoms with Crippen molar-refractivity contribution >= 4 is 9.84 Å². The molecule has 0 spiro atoms. The zero-order chi connectivity index (χ0) is 10.8. The van der Waals surface area contributed by atoms with Gasteiger partial charge in [-0.25, -0.2) is 17.2 Å². The van der Waals surface area contributed by atoms with E-state index in [1.807, 2.05) is 0 Å². The standard InChI is InChI=1S/C7H14F2N2O2S/c8-7(9,5-10)6-11-1-3-14(12,13)4-2-11/h1-6,10H2. The molecule has 4 nitrogen and oxygen atoms in total. The summed E-state index contributed by atoms with van der Waals surface area (Å²) in [5.74, 6) is -2.98. The molecule has 0 unspecified atom stereocenters. The minimum atomic E-state index is -3.00. The fourth-order valence-corrected chi connectivity index (χ4v) is 2.58. The maximum Gasteiger partial charge on any atom is 0.272 e. The molecule has 0 aromatic heterocycles. The van der Waals surface area contributed by atoms with E-state index in [1.165, 1.54) is 4.90 Å². The first-order valence-corrected chi connectivity index (χ1v) is 6.17. The zero-order valence-corrected chi connectivity index (χ0v) is 8.56. The number of nitrogens with zero attached hydrogens (tertiary/aromatic N) is 1. The van der Waals surface area contributed by atoms with Crippen molar-refractivity contribution < 1.29 is 17.2 Å². The second-order valence-electron chi connectivity index (χ2n) is 3.49. The topological polar surface area (TPSA) is 63.4 Å². The van der Waals surface area contributed by atoms with Gasteiger partial charge in [-0.3, -0.25) is 4.90 Å². The Kier molecular flexibility index (Phi) is 3.44. The fourth-order valence-electron chi connectivity index (χ4n) is 1.30. The molecule has 1 fully saturated rings. The van der Waals surface area contributed by atoms with Crippen LogP contribution in [0, 0.1) is 0 Å². The molecule has 0 radical (unpaired) electrons. The Labute approximate surface area is 82.0 Å². The summed E-state index contributed by atoms with van der Waals surface area (Å²) >= 11 is 0. The SMILES string of the molecule is NCC(F)(F)CN1CCS(=O)(=O)CC1. The van der Waals surface area contributed by atoms with Gasteiger partial charge in [0.05, 0.1) is 24.6 Å². The van der Waals surface area contributed by atoms with E-state index >= 15 is 0 Å². The summed E-state index contributed by atoms with van der Waals surface area (Å²) in [7, 11) is -3.00. The van der Waals surface area contributed by atoms with Gasteiger partial charge in [0.25, 0.3) is 5.92 Å². The molecule has 1 heterocycles. The quantitative estimate of drug-likeness (QED) is 0.694. The van der Waals surface area contributed by atoms with Gasteiger partial charge in [0, 0.05) is 13.1 Å². The van der Waals surface area contributed by atoms with Gasteiger partial charge in [0.2, 0.25) is 0 Å². The predicted molar refractivity (Wildman–Crippen MR) is 49.1 cm³/mol. The van der Waals surface area contributed by atoms with E-state index in [9.17, 15) is 17.2 Å². The van der Waals surface area contributed by atoms with Crippen LogP contribution in [0.4, 0.5) is 8.78 Å². The summed E-state index contributed by atoms with van der Waals surface area (Å²) in [4.78, 5) is 1.44. The second-order valence-corrected chi connectivity index (χ2v) is 5.79. The van der Waals surface area contributed by atoms with Crippen molar-refractivity contribution in [1.82, 2.24) is 4.90 Å². The number of nitrogens with two attached hydrogens (primary N) is 1. The summed E-state index contributed by atoms with van der Waals surface area (Å²) in [6.07, 6.45) is 0. The third kappa shape index (κ3) is 3.47. The van der Waals surface area contributed by atoms with Crippen molar-refractivity contribution in [2.75, 3.05) is 37.7 Å². The minimum absolute atomic E-state index is 0.0341. The van der Waals surface area contributed by atoms with Crippen molar-refractivity contribution in [3.05, 3.63) is 0 Å². The Morgan fingerprint density at radius 1 is 1.29 bits per heavy atom. The molecule has 0 aliphatic carbocycles. The average Bonchev–Trinajstić information content (AvgIpc) is 2.09. The molecule has 2 N–H and O–H groups in total. The molecule has 1 aliphatic heterocycles. The third-order valence-electron chi connectivity index (χ3n) is 2.19. The number of hydrogen-bond acceptors (Lipinski definition) is 4. The van der Waals surface area contributed by atoms with Crippen molar-refractivity contribution in [1.29, 1.82) is 0 Å². The van der Waals surface area contributed by atoms with Crippen LogP contribution >= 0.6 is 0 Å². The highest BCUT2D eigenvalue weighted by atomic mass is 32.2. The van der Waals surface area contributed by atoms with Gasteiger partial charge in [-0.15, -0.1) is 0 Å². The van der Waals surface area contributed by atoms with Crippen LogP contribution in [0.3, 0.4) is 0 Å². The lowest BCUT2D eigenvalue weighted by molar-refractivity contribution is -0.0215. The van der Waals surface area contributed by atoms with Crippen molar-refractivity contribution in [2.45, 2.75) is 5.92 Å². The lowest BCUT2D eigenvalue weighted by Crippen LogP contribution is -2.48. The normalized spacial score (nSPS) is 23.6. The van der Waals surface area contributed by atoms with Crippen LogP contribution < -0.4 is 5.73 Å². The van der Waals surface area contributed by atoms with E-state index in [0.29, 0.717) is 0 Å². The summed E-state index contributed by atoms with van der Waals surface area (Å²) in [6.45, 7) is -0.787. The van der Waals surface area contributed by atoms with Crippen LogP contribution in [0.15, 0.2) is 0 Å². The summed E-state index contributed by atoms with van der Waals surface area (Å²) in [6, 6.07) is 0. The molecule has 1 rings (SSSR count). The summed E-state index contributed by atoms with van der Waals surface area (Å²) in [5.41, 5.74) is 4.88. The molecule has 84 valence electrons. The number of rotatable bonds is 3. The van der Waals surface area contributed by atoms with Gasteiger partial charge in [0.15, 0.2) is 9.84 Å². The second kappa shape index (κ2) is 4.08. The Hall–Kier alpha value is -0.270. The van der Waals surface area contributed by atoms with Crippen LogP contribution in [-0.2, 0) is 9.84 Å². The van der Waals surface area contributed by atoms with E-state index in [2.05, 4.69) is 0 Å². The van der Waals surface area contributed by atoms with Gasteiger partial charge in [-0.05, 0) is 0 Å². The predicted octanol–water partition coefficient (Wildman–Crippen LogP) is -0.689. The molecule has 0 atom stereocenters. The van der Waals surface area contributed by atoms with E-state index in [4.69, 9.17) is 5.73 Å².